The van der Waals surface area contributed by atoms with Crippen molar-refractivity contribution in [3.05, 3.63) is 59.8 Å². The second kappa shape index (κ2) is 6.12. The number of benzene rings is 2. The van der Waals surface area contributed by atoms with E-state index in [2.05, 4.69) is 4.98 Å². The van der Waals surface area contributed by atoms with E-state index in [1.807, 2.05) is 24.4 Å². The van der Waals surface area contributed by atoms with Gasteiger partial charge in [0, 0.05) is 35.8 Å². The number of hydrogen-bond acceptors (Lipinski definition) is 4. The minimum Gasteiger partial charge on any atom is -0.497 e. The molecule has 3 aromatic rings. The quantitative estimate of drug-likeness (QED) is 0.740. The van der Waals surface area contributed by atoms with Crippen LogP contribution < -0.4 is 4.74 Å². The van der Waals surface area contributed by atoms with Gasteiger partial charge in [0.25, 0.3) is 0 Å². The van der Waals surface area contributed by atoms with Gasteiger partial charge in [-0.2, -0.15) is 4.31 Å². The number of fused-ring (bicyclic) bond motifs is 2. The third kappa shape index (κ3) is 2.51. The molecule has 2 heterocycles. The molecule has 2 atom stereocenters. The SMILES string of the molecule is COc1ccc2c(C[C@@H]3[C@H](O)c4ccccc4S(=O)(=O)N3C)c[nH]c2c1. The summed E-state index contributed by atoms with van der Waals surface area (Å²) in [6, 6.07) is 11.8. The molecule has 0 spiro atoms. The van der Waals surface area contributed by atoms with Crippen molar-refractivity contribution in [3.63, 3.8) is 0 Å². The zero-order chi connectivity index (χ0) is 18.5. The van der Waals surface area contributed by atoms with Gasteiger partial charge >= 0.3 is 0 Å². The van der Waals surface area contributed by atoms with Gasteiger partial charge in [-0.3, -0.25) is 0 Å². The Kier molecular flexibility index (Phi) is 4.02. The van der Waals surface area contributed by atoms with Gasteiger partial charge in [0.2, 0.25) is 10.0 Å². The van der Waals surface area contributed by atoms with Gasteiger partial charge < -0.3 is 14.8 Å². The van der Waals surface area contributed by atoms with Crippen LogP contribution in [0.2, 0.25) is 0 Å². The lowest BCUT2D eigenvalue weighted by molar-refractivity contribution is 0.0893. The maximum atomic E-state index is 12.8. The normalized spacial score (nSPS) is 22.3. The molecule has 136 valence electrons. The molecule has 0 amide bonds. The Morgan fingerprint density at radius 3 is 2.77 bits per heavy atom. The highest BCUT2D eigenvalue weighted by Crippen LogP contribution is 2.37. The number of sulfonamides is 1. The summed E-state index contributed by atoms with van der Waals surface area (Å²) in [6.07, 6.45) is 1.37. The molecule has 7 heteroatoms. The summed E-state index contributed by atoms with van der Waals surface area (Å²) in [5, 5.41) is 11.8. The van der Waals surface area contributed by atoms with Gasteiger partial charge in [0.15, 0.2) is 0 Å². The number of aromatic nitrogens is 1. The number of likely N-dealkylation sites (N-methyl/N-ethyl adjacent to an activating group) is 1. The van der Waals surface area contributed by atoms with Crippen LogP contribution in [0.1, 0.15) is 17.2 Å². The average molecular weight is 372 g/mol. The minimum absolute atomic E-state index is 0.176. The molecule has 6 nitrogen and oxygen atoms in total. The predicted octanol–water partition coefficient (Wildman–Crippen LogP) is 2.46. The fraction of sp³-hybridized carbons (Fsp3) is 0.263. The van der Waals surface area contributed by atoms with Gasteiger partial charge in [0.1, 0.15) is 5.75 Å². The van der Waals surface area contributed by atoms with Gasteiger partial charge in [-0.25, -0.2) is 8.42 Å². The number of methoxy groups -OCH3 is 1. The van der Waals surface area contributed by atoms with Gasteiger partial charge in [0.05, 0.1) is 24.2 Å². The first-order valence-electron chi connectivity index (χ1n) is 8.32. The molecule has 0 fully saturated rings. The lowest BCUT2D eigenvalue weighted by Crippen LogP contribution is -2.46. The minimum atomic E-state index is -3.63. The number of ether oxygens (including phenoxy) is 1. The number of aromatic amines is 1. The summed E-state index contributed by atoms with van der Waals surface area (Å²) < 4.78 is 32.2. The first-order valence-corrected chi connectivity index (χ1v) is 9.76. The maximum Gasteiger partial charge on any atom is 0.243 e. The Morgan fingerprint density at radius 1 is 1.23 bits per heavy atom. The Balaban J connectivity index is 1.75. The molecule has 1 aromatic heterocycles. The topological polar surface area (TPSA) is 82.6 Å². The van der Waals surface area contributed by atoms with E-state index in [9.17, 15) is 13.5 Å². The largest absolute Gasteiger partial charge is 0.497 e. The average Bonchev–Trinajstić information content (AvgIpc) is 3.06. The van der Waals surface area contributed by atoms with Crippen LogP contribution in [-0.2, 0) is 16.4 Å². The molecule has 0 aliphatic carbocycles. The third-order valence-electron chi connectivity index (χ3n) is 5.13. The molecule has 0 unspecified atom stereocenters. The fourth-order valence-electron chi connectivity index (χ4n) is 3.63. The summed E-state index contributed by atoms with van der Waals surface area (Å²) in [6.45, 7) is 0. The first kappa shape index (κ1) is 17.1. The lowest BCUT2D eigenvalue weighted by atomic mass is 9.95. The van der Waals surface area contributed by atoms with Gasteiger partial charge in [-0.15, -0.1) is 0 Å². The van der Waals surface area contributed by atoms with E-state index in [4.69, 9.17) is 4.74 Å². The number of nitrogens with zero attached hydrogens (tertiary/aromatic N) is 1. The number of aliphatic hydroxyl groups is 1. The number of H-pyrrole nitrogens is 1. The van der Waals surface area contributed by atoms with Crippen LogP contribution >= 0.6 is 0 Å². The van der Waals surface area contributed by atoms with E-state index in [0.717, 1.165) is 22.2 Å². The summed E-state index contributed by atoms with van der Waals surface area (Å²) >= 11 is 0. The third-order valence-corrected chi connectivity index (χ3v) is 7.09. The molecule has 2 aromatic carbocycles. The van der Waals surface area contributed by atoms with Gasteiger partial charge in [-0.1, -0.05) is 18.2 Å². The number of rotatable bonds is 3. The summed E-state index contributed by atoms with van der Waals surface area (Å²) in [5.74, 6) is 0.747. The van der Waals surface area contributed by atoms with E-state index < -0.39 is 22.2 Å². The van der Waals surface area contributed by atoms with Crippen LogP contribution in [0.3, 0.4) is 0 Å². The maximum absolute atomic E-state index is 12.8. The van der Waals surface area contributed by atoms with Crippen LogP contribution in [0.4, 0.5) is 0 Å². The number of aliphatic hydroxyl groups excluding tert-OH is 1. The van der Waals surface area contributed by atoms with Crippen LogP contribution in [0.25, 0.3) is 10.9 Å². The molecule has 0 saturated heterocycles. The molecule has 1 aliphatic rings. The Morgan fingerprint density at radius 2 is 2.00 bits per heavy atom. The molecular formula is C19H20N2O4S. The Hall–Kier alpha value is -2.35. The highest BCUT2D eigenvalue weighted by molar-refractivity contribution is 7.89. The molecular weight excluding hydrogens is 352 g/mol. The summed E-state index contributed by atoms with van der Waals surface area (Å²) in [7, 11) is -0.490. The van der Waals surface area contributed by atoms with Crippen molar-refractivity contribution in [2.75, 3.05) is 14.2 Å². The first-order chi connectivity index (χ1) is 12.4. The van der Waals surface area contributed by atoms with E-state index in [0.29, 0.717) is 12.0 Å². The summed E-state index contributed by atoms with van der Waals surface area (Å²) in [4.78, 5) is 3.37. The van der Waals surface area contributed by atoms with Crippen LogP contribution in [0.15, 0.2) is 53.6 Å². The highest BCUT2D eigenvalue weighted by Gasteiger charge is 2.41. The fourth-order valence-corrected chi connectivity index (χ4v) is 5.22. The molecule has 0 bridgehead atoms. The van der Waals surface area contributed by atoms with Gasteiger partial charge in [-0.05, 0) is 30.2 Å². The zero-order valence-corrected chi connectivity index (χ0v) is 15.3. The van der Waals surface area contributed by atoms with Crippen LogP contribution in [0, 0.1) is 0 Å². The lowest BCUT2D eigenvalue weighted by Gasteiger charge is -2.37. The van der Waals surface area contributed by atoms with Crippen molar-refractivity contribution in [2.45, 2.75) is 23.5 Å². The molecule has 0 saturated carbocycles. The molecule has 26 heavy (non-hydrogen) atoms. The highest BCUT2D eigenvalue weighted by atomic mass is 32.2. The Labute approximate surface area is 152 Å². The van der Waals surface area contributed by atoms with Crippen molar-refractivity contribution in [3.8, 4) is 5.75 Å². The standard InChI is InChI=1S/C19H20N2O4S/c1-21-17(19(22)15-5-3-4-6-18(15)26(21,23)24)9-12-11-20-16-10-13(25-2)7-8-14(12)16/h3-8,10-11,17,19-20,22H,9H2,1-2H3/t17-,19-/m1/s1. The monoisotopic (exact) mass is 372 g/mol. The van der Waals surface area contributed by atoms with E-state index >= 15 is 0 Å². The number of nitrogens with one attached hydrogen (secondary N) is 1. The van der Waals surface area contributed by atoms with E-state index in [-0.39, 0.29) is 4.90 Å². The predicted molar refractivity (Wildman–Crippen MR) is 98.7 cm³/mol. The molecule has 1 aliphatic heterocycles. The van der Waals surface area contributed by atoms with Crippen molar-refractivity contribution >= 4 is 20.9 Å². The number of hydrogen-bond donors (Lipinski definition) is 2. The van der Waals surface area contributed by atoms with Crippen molar-refractivity contribution in [2.24, 2.45) is 0 Å². The molecule has 4 rings (SSSR count). The van der Waals surface area contributed by atoms with Crippen molar-refractivity contribution in [1.29, 1.82) is 0 Å². The molecule has 0 radical (unpaired) electrons. The van der Waals surface area contributed by atoms with Crippen LogP contribution in [0.5, 0.6) is 5.75 Å². The van der Waals surface area contributed by atoms with E-state index in [1.165, 1.54) is 11.4 Å². The van der Waals surface area contributed by atoms with Crippen molar-refractivity contribution < 1.29 is 18.3 Å². The summed E-state index contributed by atoms with van der Waals surface area (Å²) in [5.41, 5.74) is 2.32. The second-order valence-electron chi connectivity index (χ2n) is 6.50. The van der Waals surface area contributed by atoms with E-state index in [1.54, 1.807) is 31.4 Å². The zero-order valence-electron chi connectivity index (χ0n) is 14.5. The van der Waals surface area contributed by atoms with Crippen molar-refractivity contribution in [1.82, 2.24) is 9.29 Å². The molecule has 2 N–H and O–H groups in total. The van der Waals surface area contributed by atoms with Crippen LogP contribution in [-0.4, -0.2) is 43.0 Å². The smallest absolute Gasteiger partial charge is 0.243 e. The Bertz CT molecular complexity index is 1070. The second-order valence-corrected chi connectivity index (χ2v) is 8.47.